The van der Waals surface area contributed by atoms with Gasteiger partial charge < -0.3 is 9.47 Å². The number of piperidine rings is 1. The minimum Gasteiger partial charge on any atom is -0.454 e. The number of hydrogen-bond donors (Lipinski definition) is 1. The summed E-state index contributed by atoms with van der Waals surface area (Å²) in [5.74, 6) is 1.91. The number of fused-ring (bicyclic) bond motifs is 1. The van der Waals surface area contributed by atoms with Gasteiger partial charge in [0.15, 0.2) is 16.6 Å². The van der Waals surface area contributed by atoms with Crippen molar-refractivity contribution in [3.8, 4) is 11.5 Å². The number of amides is 1. The van der Waals surface area contributed by atoms with E-state index in [4.69, 9.17) is 9.47 Å². The Morgan fingerprint density at radius 3 is 2.96 bits per heavy atom. The van der Waals surface area contributed by atoms with Crippen LogP contribution in [0, 0.1) is 5.92 Å². The third kappa shape index (κ3) is 3.77. The fraction of sp³-hybridized carbons (Fsp3) is 0.444. The van der Waals surface area contributed by atoms with E-state index in [1.165, 1.54) is 24.2 Å². The number of rotatable bonds is 4. The summed E-state index contributed by atoms with van der Waals surface area (Å²) < 4.78 is 10.6. The van der Waals surface area contributed by atoms with Gasteiger partial charge in [0.2, 0.25) is 6.79 Å². The Labute approximate surface area is 150 Å². The maximum Gasteiger partial charge on any atom is 0.257 e. The van der Waals surface area contributed by atoms with Crippen LogP contribution in [0.25, 0.3) is 0 Å². The zero-order chi connectivity index (χ0) is 17.2. The predicted octanol–water partition coefficient (Wildman–Crippen LogP) is 3.36. The summed E-state index contributed by atoms with van der Waals surface area (Å²) in [6, 6.07) is 5.18. The number of nitrogens with zero attached hydrogens (tertiary/aromatic N) is 2. The Hall–Kier alpha value is -2.12. The van der Waals surface area contributed by atoms with E-state index in [-0.39, 0.29) is 12.7 Å². The first-order valence-corrected chi connectivity index (χ1v) is 9.43. The van der Waals surface area contributed by atoms with Gasteiger partial charge in [0.1, 0.15) is 0 Å². The van der Waals surface area contributed by atoms with Crippen molar-refractivity contribution in [1.29, 1.82) is 0 Å². The van der Waals surface area contributed by atoms with Gasteiger partial charge in [0.25, 0.3) is 5.91 Å². The minimum absolute atomic E-state index is 0.189. The summed E-state index contributed by atoms with van der Waals surface area (Å²) in [5.41, 5.74) is 1.55. The number of thiazole rings is 1. The fourth-order valence-electron chi connectivity index (χ4n) is 3.09. The van der Waals surface area contributed by atoms with E-state index in [1.54, 1.807) is 18.2 Å². The molecule has 1 fully saturated rings. The van der Waals surface area contributed by atoms with Gasteiger partial charge in [-0.05, 0) is 50.0 Å². The van der Waals surface area contributed by atoms with Crippen LogP contribution < -0.4 is 14.8 Å². The number of hydrogen-bond acceptors (Lipinski definition) is 6. The highest BCUT2D eigenvalue weighted by atomic mass is 32.1. The molecule has 2 aromatic rings. The molecule has 0 radical (unpaired) electrons. The van der Waals surface area contributed by atoms with Gasteiger partial charge in [-0.1, -0.05) is 6.92 Å². The number of carbonyl (C=O) groups excluding carboxylic acids is 1. The van der Waals surface area contributed by atoms with Crippen LogP contribution in [0.4, 0.5) is 5.13 Å². The number of nitrogens with one attached hydrogen (secondary N) is 1. The average Bonchev–Trinajstić information content (AvgIpc) is 3.25. The van der Waals surface area contributed by atoms with Gasteiger partial charge in [-0.2, -0.15) is 0 Å². The summed E-state index contributed by atoms with van der Waals surface area (Å²) in [5, 5.41) is 5.52. The van der Waals surface area contributed by atoms with E-state index in [9.17, 15) is 4.79 Å². The molecule has 0 saturated carbocycles. The summed E-state index contributed by atoms with van der Waals surface area (Å²) in [4.78, 5) is 19.4. The van der Waals surface area contributed by atoms with Crippen LogP contribution in [0.1, 0.15) is 35.8 Å². The van der Waals surface area contributed by atoms with Crippen LogP contribution in [0.15, 0.2) is 23.6 Å². The molecule has 1 N–H and O–H groups in total. The molecule has 0 spiro atoms. The molecular weight excluding hydrogens is 338 g/mol. The van der Waals surface area contributed by atoms with E-state index in [0.29, 0.717) is 22.2 Å². The fourth-order valence-corrected chi connectivity index (χ4v) is 3.79. The second-order valence-electron chi connectivity index (χ2n) is 6.62. The monoisotopic (exact) mass is 359 g/mol. The number of ether oxygens (including phenoxy) is 2. The van der Waals surface area contributed by atoms with Gasteiger partial charge in [0.05, 0.1) is 5.69 Å². The average molecular weight is 359 g/mol. The molecule has 25 heavy (non-hydrogen) atoms. The molecule has 4 rings (SSSR count). The van der Waals surface area contributed by atoms with Crippen LogP contribution in [0.2, 0.25) is 0 Å². The number of benzene rings is 1. The van der Waals surface area contributed by atoms with Gasteiger partial charge in [-0.25, -0.2) is 4.98 Å². The van der Waals surface area contributed by atoms with Crippen LogP contribution in [-0.4, -0.2) is 35.7 Å². The third-order valence-electron chi connectivity index (χ3n) is 4.67. The SMILES string of the molecule is CC1CCN(Cc2csc(NC(=O)c3ccc4c(c3)OCO4)n2)CC1. The second kappa shape index (κ2) is 7.01. The van der Waals surface area contributed by atoms with Crippen molar-refractivity contribution in [1.82, 2.24) is 9.88 Å². The van der Waals surface area contributed by atoms with E-state index in [0.717, 1.165) is 31.2 Å². The molecule has 0 atom stereocenters. The predicted molar refractivity (Wildman–Crippen MR) is 96.3 cm³/mol. The van der Waals surface area contributed by atoms with Crippen molar-refractivity contribution in [3.63, 3.8) is 0 Å². The second-order valence-corrected chi connectivity index (χ2v) is 7.48. The molecule has 6 nitrogen and oxygen atoms in total. The Bertz CT molecular complexity index is 769. The molecule has 1 amide bonds. The van der Waals surface area contributed by atoms with E-state index in [2.05, 4.69) is 22.1 Å². The van der Waals surface area contributed by atoms with E-state index in [1.807, 2.05) is 5.38 Å². The first kappa shape index (κ1) is 16.4. The highest BCUT2D eigenvalue weighted by Gasteiger charge is 2.19. The van der Waals surface area contributed by atoms with Gasteiger partial charge in [0, 0.05) is 17.5 Å². The molecule has 0 unspecified atom stereocenters. The van der Waals surface area contributed by atoms with E-state index >= 15 is 0 Å². The molecule has 3 heterocycles. The first-order chi connectivity index (χ1) is 12.2. The number of carbonyl (C=O) groups is 1. The molecule has 0 aliphatic carbocycles. The summed E-state index contributed by atoms with van der Waals surface area (Å²) in [6.45, 7) is 5.60. The van der Waals surface area contributed by atoms with Gasteiger partial charge in [-0.3, -0.25) is 15.0 Å². The largest absolute Gasteiger partial charge is 0.454 e. The van der Waals surface area contributed by atoms with Gasteiger partial charge in [-0.15, -0.1) is 11.3 Å². The lowest BCUT2D eigenvalue weighted by Gasteiger charge is -2.29. The smallest absolute Gasteiger partial charge is 0.257 e. The van der Waals surface area contributed by atoms with Crippen molar-refractivity contribution in [3.05, 3.63) is 34.8 Å². The van der Waals surface area contributed by atoms with Crippen molar-refractivity contribution >= 4 is 22.4 Å². The highest BCUT2D eigenvalue weighted by molar-refractivity contribution is 7.13. The van der Waals surface area contributed by atoms with Crippen molar-refractivity contribution in [2.75, 3.05) is 25.2 Å². The lowest BCUT2D eigenvalue weighted by Crippen LogP contribution is -2.32. The van der Waals surface area contributed by atoms with Crippen LogP contribution in [0.3, 0.4) is 0 Å². The summed E-state index contributed by atoms with van der Waals surface area (Å²) >= 11 is 1.46. The number of aromatic nitrogens is 1. The Morgan fingerprint density at radius 2 is 2.12 bits per heavy atom. The molecule has 2 aliphatic rings. The van der Waals surface area contributed by atoms with Crippen LogP contribution >= 0.6 is 11.3 Å². The maximum atomic E-state index is 12.4. The standard InChI is InChI=1S/C18H21N3O3S/c1-12-4-6-21(7-5-12)9-14-10-25-18(19-14)20-17(22)13-2-3-15-16(8-13)24-11-23-15/h2-3,8,10,12H,4-7,9,11H2,1H3,(H,19,20,22). The topological polar surface area (TPSA) is 63.7 Å². The maximum absolute atomic E-state index is 12.4. The number of likely N-dealkylation sites (tertiary alicyclic amines) is 1. The molecule has 7 heteroatoms. The third-order valence-corrected chi connectivity index (χ3v) is 5.48. The molecule has 132 valence electrons. The lowest BCUT2D eigenvalue weighted by molar-refractivity contribution is 0.102. The quantitative estimate of drug-likeness (QED) is 0.907. The van der Waals surface area contributed by atoms with Crippen molar-refractivity contribution < 1.29 is 14.3 Å². The molecule has 2 aliphatic heterocycles. The minimum atomic E-state index is -0.189. The normalized spacial score (nSPS) is 17.6. The van der Waals surface area contributed by atoms with Crippen molar-refractivity contribution in [2.24, 2.45) is 5.92 Å². The highest BCUT2D eigenvalue weighted by Crippen LogP contribution is 2.32. The van der Waals surface area contributed by atoms with Crippen LogP contribution in [-0.2, 0) is 6.54 Å². The van der Waals surface area contributed by atoms with Gasteiger partial charge >= 0.3 is 0 Å². The molecule has 1 aromatic heterocycles. The Morgan fingerprint density at radius 1 is 1.32 bits per heavy atom. The molecule has 0 bridgehead atoms. The summed E-state index contributed by atoms with van der Waals surface area (Å²) in [6.07, 6.45) is 2.50. The molecular formula is C18H21N3O3S. The molecule has 1 saturated heterocycles. The zero-order valence-electron chi connectivity index (χ0n) is 14.2. The van der Waals surface area contributed by atoms with E-state index < -0.39 is 0 Å². The Kier molecular flexibility index (Phi) is 4.59. The lowest BCUT2D eigenvalue weighted by atomic mass is 9.99. The van der Waals surface area contributed by atoms with Crippen molar-refractivity contribution in [2.45, 2.75) is 26.3 Å². The zero-order valence-corrected chi connectivity index (χ0v) is 15.0. The summed E-state index contributed by atoms with van der Waals surface area (Å²) in [7, 11) is 0. The first-order valence-electron chi connectivity index (χ1n) is 8.55. The van der Waals surface area contributed by atoms with Crippen LogP contribution in [0.5, 0.6) is 11.5 Å². The Balaban J connectivity index is 1.36. The molecule has 1 aromatic carbocycles. The number of anilines is 1.